The summed E-state index contributed by atoms with van der Waals surface area (Å²) >= 11 is 0. The lowest BCUT2D eigenvalue weighted by Crippen LogP contribution is -2.61. The Balaban J connectivity index is 1.83. The molecule has 2 fully saturated rings. The minimum Gasteiger partial charge on any atom is -0.508 e. The van der Waals surface area contributed by atoms with Gasteiger partial charge in [-0.15, -0.1) is 0 Å². The summed E-state index contributed by atoms with van der Waals surface area (Å²) < 4.78 is 5.79. The summed E-state index contributed by atoms with van der Waals surface area (Å²) in [5, 5.41) is 30.6. The normalized spacial score (nSPS) is 26.1. The third kappa shape index (κ3) is 10.8. The number of esters is 1. The predicted octanol–water partition coefficient (Wildman–Crippen LogP) is 0.917. The number of carbonyl (C=O) groups is 7. The van der Waals surface area contributed by atoms with E-state index in [-0.39, 0.29) is 30.9 Å². The highest BCUT2D eigenvalue weighted by molar-refractivity contribution is 5.97. The maximum atomic E-state index is 14.4. The van der Waals surface area contributed by atoms with Gasteiger partial charge in [0, 0.05) is 33.4 Å². The van der Waals surface area contributed by atoms with E-state index in [1.807, 2.05) is 0 Å². The number of nitrogens with zero attached hydrogens (tertiary/aromatic N) is 2. The third-order valence-electron chi connectivity index (χ3n) is 10.2. The second kappa shape index (κ2) is 18.8. The van der Waals surface area contributed by atoms with Gasteiger partial charge in [0.1, 0.15) is 53.9 Å². The lowest BCUT2D eigenvalue weighted by atomic mass is 9.98. The zero-order valence-corrected chi connectivity index (χ0v) is 32.9. The van der Waals surface area contributed by atoms with Crippen LogP contribution in [0, 0.1) is 11.8 Å². The van der Waals surface area contributed by atoms with Crippen LogP contribution in [-0.2, 0) is 51.1 Å². The number of fused-ring (bicyclic) bond motifs is 1. The summed E-state index contributed by atoms with van der Waals surface area (Å²) in [5.74, 6) is -5.82. The highest BCUT2D eigenvalue weighted by Gasteiger charge is 2.43. The minimum absolute atomic E-state index is 0.0121. The predicted molar refractivity (Wildman–Crippen MR) is 204 cm³/mol. The van der Waals surface area contributed by atoms with Crippen LogP contribution < -0.4 is 21.3 Å². The van der Waals surface area contributed by atoms with E-state index in [4.69, 9.17) is 4.74 Å². The van der Waals surface area contributed by atoms with Gasteiger partial charge >= 0.3 is 5.97 Å². The van der Waals surface area contributed by atoms with Crippen molar-refractivity contribution in [2.24, 2.45) is 11.8 Å². The smallest absolute Gasteiger partial charge is 0.329 e. The van der Waals surface area contributed by atoms with Gasteiger partial charge in [0.2, 0.25) is 35.4 Å². The summed E-state index contributed by atoms with van der Waals surface area (Å²) in [4.78, 5) is 99.7. The molecule has 0 aliphatic carbocycles. The maximum absolute atomic E-state index is 14.4. The first kappa shape index (κ1) is 43.1. The van der Waals surface area contributed by atoms with Crippen molar-refractivity contribution in [1.82, 2.24) is 31.1 Å². The van der Waals surface area contributed by atoms with E-state index >= 15 is 0 Å². The van der Waals surface area contributed by atoms with Crippen LogP contribution >= 0.6 is 0 Å². The molecule has 2 saturated heterocycles. The van der Waals surface area contributed by atoms with Gasteiger partial charge in [-0.1, -0.05) is 52.0 Å². The number of amides is 6. The van der Waals surface area contributed by atoms with Crippen molar-refractivity contribution < 1.29 is 48.5 Å². The van der Waals surface area contributed by atoms with E-state index in [1.165, 1.54) is 55.0 Å². The standard InChI is InChI=1S/C40H54N6O10/c1-21(2)32-38(53)45(7)31(20-26-12-16-28(49)17-13-26)36(51)42-29(19-25-10-14-27(48)15-11-25)40(55)56-23(5)34(41-24(6)47)37(52)44-33(22(3)4)39(54)46-18-8-9-30(46)35(50)43-32/h10-17,21-23,29-34,48-49H,8-9,18-20H2,1-7H3,(H,41,47)(H,42,51)(H,43,50)(H,44,52)/t23-,29+,30+,31+,32+,33+,34+/m1/s1. The molecule has 0 bridgehead atoms. The molecule has 7 atom stereocenters. The molecule has 6 amide bonds. The first-order chi connectivity index (χ1) is 26.4. The van der Waals surface area contributed by atoms with Gasteiger partial charge in [-0.05, 0) is 67.0 Å². The largest absolute Gasteiger partial charge is 0.508 e. The Bertz CT molecular complexity index is 1770. The molecule has 2 heterocycles. The number of cyclic esters (lactones) is 1. The number of benzene rings is 2. The van der Waals surface area contributed by atoms with Crippen molar-refractivity contribution in [2.75, 3.05) is 13.6 Å². The monoisotopic (exact) mass is 778 g/mol. The molecule has 0 radical (unpaired) electrons. The van der Waals surface area contributed by atoms with Gasteiger partial charge < -0.3 is 46.0 Å². The van der Waals surface area contributed by atoms with Crippen LogP contribution in [0.4, 0.5) is 0 Å². The van der Waals surface area contributed by atoms with Crippen LogP contribution in [0.3, 0.4) is 0 Å². The number of likely N-dealkylation sites (N-methyl/N-ethyl adjacent to an activating group) is 1. The van der Waals surface area contributed by atoms with E-state index in [0.717, 1.165) is 0 Å². The lowest BCUT2D eigenvalue weighted by Gasteiger charge is -2.34. The molecule has 2 aliphatic heterocycles. The molecular formula is C40H54N6O10. The summed E-state index contributed by atoms with van der Waals surface area (Å²) in [6.45, 7) is 9.69. The molecule has 2 aromatic rings. The summed E-state index contributed by atoms with van der Waals surface area (Å²) in [5.41, 5.74) is 1.09. The number of hydrogen-bond acceptors (Lipinski definition) is 10. The van der Waals surface area contributed by atoms with Gasteiger partial charge in [-0.3, -0.25) is 28.8 Å². The zero-order chi connectivity index (χ0) is 41.4. The van der Waals surface area contributed by atoms with E-state index in [2.05, 4.69) is 21.3 Å². The first-order valence-corrected chi connectivity index (χ1v) is 18.9. The molecule has 16 nitrogen and oxygen atoms in total. The zero-order valence-electron chi connectivity index (χ0n) is 32.9. The van der Waals surface area contributed by atoms with Crippen molar-refractivity contribution in [2.45, 2.75) is 110 Å². The third-order valence-corrected chi connectivity index (χ3v) is 10.2. The van der Waals surface area contributed by atoms with Crippen molar-refractivity contribution in [3.8, 4) is 11.5 Å². The van der Waals surface area contributed by atoms with Crippen LogP contribution in [0.15, 0.2) is 48.5 Å². The van der Waals surface area contributed by atoms with E-state index in [1.54, 1.807) is 52.0 Å². The molecule has 2 aliphatic rings. The van der Waals surface area contributed by atoms with Crippen LogP contribution in [0.25, 0.3) is 0 Å². The number of rotatable bonds is 7. The SMILES string of the molecule is CC(=O)N[C@@H]1C(=O)N[C@@H](C(C)C)C(=O)N2CCC[C@H]2C(=O)N[C@@H](C(C)C)C(=O)N(C)[C@@H](Cc2ccc(O)cc2)C(=O)N[C@@H](Cc2ccc(O)cc2)C(=O)O[C@@H]1C. The summed E-state index contributed by atoms with van der Waals surface area (Å²) in [6.07, 6.45) is -0.712. The number of phenolic OH excluding ortho intramolecular Hbond substituents is 2. The number of ether oxygens (including phenoxy) is 1. The molecule has 2 aromatic carbocycles. The number of carbonyl (C=O) groups excluding carboxylic acids is 7. The second-order valence-corrected chi connectivity index (χ2v) is 15.2. The Kier molecular flexibility index (Phi) is 14.4. The lowest BCUT2D eigenvalue weighted by molar-refractivity contribution is -0.156. The maximum Gasteiger partial charge on any atom is 0.329 e. The molecule has 304 valence electrons. The van der Waals surface area contributed by atoms with Crippen LogP contribution in [0.5, 0.6) is 11.5 Å². The molecule has 6 N–H and O–H groups in total. The Labute approximate surface area is 326 Å². The van der Waals surface area contributed by atoms with Crippen molar-refractivity contribution >= 4 is 41.4 Å². The fraction of sp³-hybridized carbons (Fsp3) is 0.525. The molecule has 16 heteroatoms. The van der Waals surface area contributed by atoms with Gasteiger partial charge in [0.25, 0.3) is 0 Å². The Morgan fingerprint density at radius 3 is 1.84 bits per heavy atom. The van der Waals surface area contributed by atoms with Gasteiger partial charge in [0.15, 0.2) is 0 Å². The van der Waals surface area contributed by atoms with Crippen LogP contribution in [-0.4, -0.2) is 117 Å². The van der Waals surface area contributed by atoms with Crippen LogP contribution in [0.2, 0.25) is 0 Å². The van der Waals surface area contributed by atoms with E-state index < -0.39 is 95.6 Å². The van der Waals surface area contributed by atoms with E-state index in [0.29, 0.717) is 24.0 Å². The number of nitrogens with one attached hydrogen (secondary N) is 4. The second-order valence-electron chi connectivity index (χ2n) is 15.2. The molecule has 0 saturated carbocycles. The Morgan fingerprint density at radius 1 is 0.786 bits per heavy atom. The fourth-order valence-electron chi connectivity index (χ4n) is 6.91. The average molecular weight is 779 g/mol. The number of aromatic hydroxyl groups is 2. The van der Waals surface area contributed by atoms with Crippen LogP contribution in [0.1, 0.15) is 65.5 Å². The van der Waals surface area contributed by atoms with Crippen molar-refractivity contribution in [3.05, 3.63) is 59.7 Å². The van der Waals surface area contributed by atoms with Gasteiger partial charge in [-0.2, -0.15) is 0 Å². The number of hydrogen-bond donors (Lipinski definition) is 6. The van der Waals surface area contributed by atoms with E-state index in [9.17, 15) is 43.8 Å². The average Bonchev–Trinajstić information content (AvgIpc) is 3.64. The Hall–Kier alpha value is -5.67. The molecule has 56 heavy (non-hydrogen) atoms. The molecular weight excluding hydrogens is 724 g/mol. The van der Waals surface area contributed by atoms with Gasteiger partial charge in [-0.25, -0.2) is 4.79 Å². The fourth-order valence-corrected chi connectivity index (χ4v) is 6.91. The molecule has 0 spiro atoms. The molecule has 0 unspecified atom stereocenters. The summed E-state index contributed by atoms with van der Waals surface area (Å²) in [6, 6.07) is 4.62. The van der Waals surface area contributed by atoms with Gasteiger partial charge in [0.05, 0.1) is 0 Å². The van der Waals surface area contributed by atoms with Crippen molar-refractivity contribution in [3.63, 3.8) is 0 Å². The highest BCUT2D eigenvalue weighted by Crippen LogP contribution is 2.23. The molecule has 4 rings (SSSR count). The minimum atomic E-state index is -1.46. The Morgan fingerprint density at radius 2 is 1.30 bits per heavy atom. The van der Waals surface area contributed by atoms with Crippen molar-refractivity contribution in [1.29, 1.82) is 0 Å². The number of phenols is 2. The topological polar surface area (TPSA) is 224 Å². The summed E-state index contributed by atoms with van der Waals surface area (Å²) in [7, 11) is 1.42. The quantitative estimate of drug-likeness (QED) is 0.218. The first-order valence-electron chi connectivity index (χ1n) is 18.9. The highest BCUT2D eigenvalue weighted by atomic mass is 16.5. The molecule has 0 aromatic heterocycles.